The molecule has 1 N–H and O–H groups in total. The van der Waals surface area contributed by atoms with E-state index in [-0.39, 0.29) is 5.54 Å². The van der Waals surface area contributed by atoms with Crippen molar-refractivity contribution in [1.29, 1.82) is 5.26 Å². The van der Waals surface area contributed by atoms with Crippen LogP contribution < -0.4 is 5.32 Å². The Bertz CT molecular complexity index is 220. The topological polar surface area (TPSA) is 39.1 Å². The van der Waals surface area contributed by atoms with Crippen LogP contribution in [0.5, 0.6) is 0 Å². The summed E-state index contributed by atoms with van der Waals surface area (Å²) < 4.78 is 0. The number of hydrogen-bond donors (Lipinski definition) is 1. The summed E-state index contributed by atoms with van der Waals surface area (Å²) in [6, 6.07) is 2.36. The van der Waals surface area contributed by atoms with Crippen LogP contribution in [0.3, 0.4) is 0 Å². The van der Waals surface area contributed by atoms with Crippen molar-refractivity contribution >= 4 is 0 Å². The van der Waals surface area contributed by atoms with Gasteiger partial charge in [-0.05, 0) is 45.8 Å². The molecule has 0 aliphatic heterocycles. The van der Waals surface area contributed by atoms with Gasteiger partial charge in [0.05, 0.1) is 6.07 Å². The first-order chi connectivity index (χ1) is 7.43. The Hall–Kier alpha value is -0.590. The van der Waals surface area contributed by atoms with Gasteiger partial charge in [0.15, 0.2) is 0 Å². The molecule has 0 saturated heterocycles. The van der Waals surface area contributed by atoms with E-state index < -0.39 is 0 Å². The molecule has 0 bridgehead atoms. The van der Waals surface area contributed by atoms with E-state index in [2.05, 4.69) is 37.2 Å². The van der Waals surface area contributed by atoms with Gasteiger partial charge >= 0.3 is 0 Å². The smallest absolute Gasteiger partial charge is 0.105 e. The van der Waals surface area contributed by atoms with Crippen molar-refractivity contribution in [2.24, 2.45) is 5.92 Å². The van der Waals surface area contributed by atoms with E-state index in [0.29, 0.717) is 0 Å². The molecule has 1 unspecified atom stereocenters. The molecule has 3 nitrogen and oxygen atoms in total. The van der Waals surface area contributed by atoms with Crippen LogP contribution in [0.25, 0.3) is 0 Å². The molecule has 0 aromatic rings. The highest BCUT2D eigenvalue weighted by Crippen LogP contribution is 2.09. The molecule has 1 atom stereocenters. The maximum atomic E-state index is 9.12. The van der Waals surface area contributed by atoms with Gasteiger partial charge in [-0.25, -0.2) is 0 Å². The van der Waals surface area contributed by atoms with Crippen molar-refractivity contribution in [2.45, 2.75) is 46.1 Å². The summed E-state index contributed by atoms with van der Waals surface area (Å²) in [4.78, 5) is 2.31. The van der Waals surface area contributed by atoms with Crippen molar-refractivity contribution in [3.8, 4) is 6.07 Å². The summed E-state index contributed by atoms with van der Waals surface area (Å²) in [5.74, 6) is 0.749. The predicted molar refractivity (Wildman–Crippen MR) is 69.3 cm³/mol. The molecule has 3 heteroatoms. The fraction of sp³-hybridized carbons (Fsp3) is 0.923. The minimum Gasteiger partial charge on any atom is -0.306 e. The van der Waals surface area contributed by atoms with Crippen LogP contribution in [0, 0.1) is 17.2 Å². The Balaban J connectivity index is 3.89. The van der Waals surface area contributed by atoms with Crippen LogP contribution in [0.1, 0.15) is 40.5 Å². The van der Waals surface area contributed by atoms with Crippen LogP contribution in [0.4, 0.5) is 0 Å². The second-order valence-corrected chi connectivity index (χ2v) is 5.21. The van der Waals surface area contributed by atoms with Crippen LogP contribution in [-0.4, -0.2) is 37.1 Å². The van der Waals surface area contributed by atoms with Gasteiger partial charge in [0.2, 0.25) is 0 Å². The second kappa shape index (κ2) is 7.65. The lowest BCUT2D eigenvalue weighted by Gasteiger charge is -2.26. The number of hydrogen-bond acceptors (Lipinski definition) is 3. The summed E-state index contributed by atoms with van der Waals surface area (Å²) >= 11 is 0. The average molecular weight is 225 g/mol. The molecule has 0 aromatic heterocycles. The van der Waals surface area contributed by atoms with Crippen LogP contribution in [-0.2, 0) is 0 Å². The first kappa shape index (κ1) is 15.4. The third kappa shape index (κ3) is 6.81. The van der Waals surface area contributed by atoms with Gasteiger partial charge in [0.1, 0.15) is 5.54 Å². The van der Waals surface area contributed by atoms with Gasteiger partial charge in [-0.1, -0.05) is 20.8 Å². The quantitative estimate of drug-likeness (QED) is 0.688. The standard InChI is InChI=1S/C13H27N3/c1-6-15-13(4,11-14)8-10-16(5)9-7-12(2)3/h12,15H,6-10H2,1-5H3. The molecular weight excluding hydrogens is 198 g/mol. The highest BCUT2D eigenvalue weighted by Gasteiger charge is 2.22. The maximum Gasteiger partial charge on any atom is 0.105 e. The van der Waals surface area contributed by atoms with Gasteiger partial charge < -0.3 is 4.90 Å². The Morgan fingerprint density at radius 2 is 2.00 bits per heavy atom. The summed E-state index contributed by atoms with van der Waals surface area (Å²) in [7, 11) is 2.13. The molecule has 0 amide bonds. The molecule has 0 aliphatic carbocycles. The molecule has 0 heterocycles. The monoisotopic (exact) mass is 225 g/mol. The zero-order valence-corrected chi connectivity index (χ0v) is 11.5. The van der Waals surface area contributed by atoms with Crippen molar-refractivity contribution in [3.63, 3.8) is 0 Å². The van der Waals surface area contributed by atoms with Crippen molar-refractivity contribution in [2.75, 3.05) is 26.7 Å². The first-order valence-electron chi connectivity index (χ1n) is 6.28. The van der Waals surface area contributed by atoms with E-state index in [9.17, 15) is 0 Å². The fourth-order valence-corrected chi connectivity index (χ4v) is 1.58. The normalized spacial score (nSPS) is 15.1. The SMILES string of the molecule is CCNC(C)(C#N)CCN(C)CCC(C)C. The van der Waals surface area contributed by atoms with E-state index >= 15 is 0 Å². The zero-order chi connectivity index (χ0) is 12.6. The number of rotatable bonds is 8. The van der Waals surface area contributed by atoms with Crippen LogP contribution in [0.15, 0.2) is 0 Å². The third-order valence-corrected chi connectivity index (χ3v) is 2.90. The third-order valence-electron chi connectivity index (χ3n) is 2.90. The largest absolute Gasteiger partial charge is 0.306 e. The molecule has 0 spiro atoms. The summed E-state index contributed by atoms with van der Waals surface area (Å²) in [5, 5.41) is 12.4. The van der Waals surface area contributed by atoms with E-state index in [1.165, 1.54) is 6.42 Å². The number of nitriles is 1. The minimum absolute atomic E-state index is 0.374. The second-order valence-electron chi connectivity index (χ2n) is 5.21. The molecule has 0 fully saturated rings. The Morgan fingerprint density at radius 3 is 2.44 bits per heavy atom. The first-order valence-corrected chi connectivity index (χ1v) is 6.28. The van der Waals surface area contributed by atoms with Crippen LogP contribution in [0.2, 0.25) is 0 Å². The Morgan fingerprint density at radius 1 is 1.38 bits per heavy atom. The van der Waals surface area contributed by atoms with Crippen molar-refractivity contribution in [3.05, 3.63) is 0 Å². The van der Waals surface area contributed by atoms with Crippen molar-refractivity contribution in [1.82, 2.24) is 10.2 Å². The van der Waals surface area contributed by atoms with E-state index in [0.717, 1.165) is 32.0 Å². The number of nitrogens with one attached hydrogen (secondary N) is 1. The fourth-order valence-electron chi connectivity index (χ4n) is 1.58. The van der Waals surface area contributed by atoms with Gasteiger partial charge in [0.25, 0.3) is 0 Å². The lowest BCUT2D eigenvalue weighted by Crippen LogP contribution is -2.43. The maximum absolute atomic E-state index is 9.12. The van der Waals surface area contributed by atoms with Gasteiger partial charge in [0, 0.05) is 6.54 Å². The van der Waals surface area contributed by atoms with E-state index in [1.54, 1.807) is 0 Å². The van der Waals surface area contributed by atoms with E-state index in [4.69, 9.17) is 5.26 Å². The molecular formula is C13H27N3. The van der Waals surface area contributed by atoms with Crippen molar-refractivity contribution < 1.29 is 0 Å². The molecule has 0 radical (unpaired) electrons. The summed E-state index contributed by atoms with van der Waals surface area (Å²) in [6.07, 6.45) is 2.10. The zero-order valence-electron chi connectivity index (χ0n) is 11.5. The highest BCUT2D eigenvalue weighted by atomic mass is 15.1. The highest BCUT2D eigenvalue weighted by molar-refractivity contribution is 5.03. The van der Waals surface area contributed by atoms with Gasteiger partial charge in [-0.15, -0.1) is 0 Å². The lowest BCUT2D eigenvalue weighted by atomic mass is 9.99. The number of nitrogens with zero attached hydrogens (tertiary/aromatic N) is 2. The molecule has 0 aromatic carbocycles. The van der Waals surface area contributed by atoms with Crippen LogP contribution >= 0.6 is 0 Å². The molecule has 94 valence electrons. The summed E-state index contributed by atoms with van der Waals surface area (Å²) in [6.45, 7) is 11.4. The predicted octanol–water partition coefficient (Wildman–Crippen LogP) is 2.25. The van der Waals surface area contributed by atoms with Gasteiger partial charge in [-0.2, -0.15) is 5.26 Å². The average Bonchev–Trinajstić information content (AvgIpc) is 2.24. The van der Waals surface area contributed by atoms with E-state index in [1.807, 2.05) is 13.8 Å². The minimum atomic E-state index is -0.374. The Labute approximate surface area is 101 Å². The lowest BCUT2D eigenvalue weighted by molar-refractivity contribution is 0.275. The van der Waals surface area contributed by atoms with Gasteiger partial charge in [-0.3, -0.25) is 5.32 Å². The molecule has 0 rings (SSSR count). The molecule has 16 heavy (non-hydrogen) atoms. The Kier molecular flexibility index (Phi) is 7.36. The molecule has 0 aliphatic rings. The molecule has 0 saturated carbocycles. The summed E-state index contributed by atoms with van der Waals surface area (Å²) in [5.41, 5.74) is -0.374.